The van der Waals surface area contributed by atoms with E-state index in [2.05, 4.69) is 5.32 Å². The molecule has 6 nitrogen and oxygen atoms in total. The third-order valence-corrected chi connectivity index (χ3v) is 3.91. The van der Waals surface area contributed by atoms with E-state index in [1.54, 1.807) is 7.11 Å². The molecule has 2 aromatic rings. The number of benzene rings is 2. The highest BCUT2D eigenvalue weighted by Crippen LogP contribution is 2.30. The molecule has 1 heterocycles. The molecule has 0 saturated heterocycles. The van der Waals surface area contributed by atoms with Crippen LogP contribution in [0.4, 0.5) is 5.69 Å². The summed E-state index contributed by atoms with van der Waals surface area (Å²) in [6.45, 7) is 2.47. The van der Waals surface area contributed by atoms with Crippen molar-refractivity contribution in [3.63, 3.8) is 0 Å². The van der Waals surface area contributed by atoms with Crippen LogP contribution in [-0.2, 0) is 4.79 Å². The average molecular weight is 342 g/mol. The number of amides is 1. The van der Waals surface area contributed by atoms with Crippen LogP contribution in [0.2, 0.25) is 0 Å². The zero-order valence-electron chi connectivity index (χ0n) is 14.2. The van der Waals surface area contributed by atoms with Crippen molar-refractivity contribution in [2.45, 2.75) is 0 Å². The number of para-hydroxylation sites is 2. The van der Waals surface area contributed by atoms with Gasteiger partial charge in [0.15, 0.2) is 0 Å². The maximum absolute atomic E-state index is 12.2. The van der Waals surface area contributed by atoms with Crippen LogP contribution in [0, 0.1) is 0 Å². The molecule has 6 heteroatoms. The largest absolute Gasteiger partial charge is 0.497 e. The lowest BCUT2D eigenvalue weighted by Crippen LogP contribution is -2.42. The van der Waals surface area contributed by atoms with Crippen molar-refractivity contribution in [2.75, 3.05) is 44.9 Å². The lowest BCUT2D eigenvalue weighted by atomic mass is 10.2. The van der Waals surface area contributed by atoms with Crippen LogP contribution in [-0.4, -0.2) is 45.9 Å². The van der Waals surface area contributed by atoms with Gasteiger partial charge in [-0.25, -0.2) is 0 Å². The quantitative estimate of drug-likeness (QED) is 0.781. The predicted molar refractivity (Wildman–Crippen MR) is 95.6 cm³/mol. The van der Waals surface area contributed by atoms with Gasteiger partial charge in [-0.1, -0.05) is 12.1 Å². The summed E-state index contributed by atoms with van der Waals surface area (Å²) >= 11 is 0. The van der Waals surface area contributed by atoms with Gasteiger partial charge in [-0.15, -0.1) is 0 Å². The molecule has 0 aromatic heterocycles. The molecule has 1 N–H and O–H groups in total. The van der Waals surface area contributed by atoms with Gasteiger partial charge < -0.3 is 24.4 Å². The number of methoxy groups -OCH3 is 1. The minimum Gasteiger partial charge on any atom is -0.497 e. The zero-order valence-corrected chi connectivity index (χ0v) is 14.2. The van der Waals surface area contributed by atoms with Gasteiger partial charge in [0, 0.05) is 0 Å². The van der Waals surface area contributed by atoms with E-state index in [-0.39, 0.29) is 5.91 Å². The van der Waals surface area contributed by atoms with E-state index in [1.165, 1.54) is 0 Å². The SMILES string of the molecule is COc1ccc(OCCNC(=O)CN2CCOc3ccccc32)cc1. The summed E-state index contributed by atoms with van der Waals surface area (Å²) in [4.78, 5) is 14.2. The second-order valence-electron chi connectivity index (χ2n) is 5.61. The van der Waals surface area contributed by atoms with Crippen LogP contribution in [0.25, 0.3) is 0 Å². The van der Waals surface area contributed by atoms with Crippen molar-refractivity contribution in [2.24, 2.45) is 0 Å². The van der Waals surface area contributed by atoms with Gasteiger partial charge in [0.05, 0.1) is 32.4 Å². The standard InChI is InChI=1S/C19H22N2O4/c1-23-15-6-8-16(9-7-15)24-12-10-20-19(22)14-21-11-13-25-18-5-3-2-4-17(18)21/h2-9H,10-14H2,1H3,(H,20,22). The fraction of sp³-hybridized carbons (Fsp3) is 0.316. The topological polar surface area (TPSA) is 60.0 Å². The fourth-order valence-electron chi connectivity index (χ4n) is 2.65. The summed E-state index contributed by atoms with van der Waals surface area (Å²) in [7, 11) is 1.62. The van der Waals surface area contributed by atoms with Crippen LogP contribution in [0.5, 0.6) is 17.2 Å². The molecule has 0 saturated carbocycles. The number of fused-ring (bicyclic) bond motifs is 1. The van der Waals surface area contributed by atoms with E-state index in [0.29, 0.717) is 32.8 Å². The highest BCUT2D eigenvalue weighted by molar-refractivity contribution is 5.82. The normalized spacial score (nSPS) is 12.8. The minimum atomic E-state index is -0.0324. The third kappa shape index (κ3) is 4.56. The van der Waals surface area contributed by atoms with Gasteiger partial charge >= 0.3 is 0 Å². The monoisotopic (exact) mass is 342 g/mol. The molecular weight excluding hydrogens is 320 g/mol. The molecule has 0 unspecified atom stereocenters. The number of ether oxygens (including phenoxy) is 3. The zero-order chi connectivity index (χ0) is 17.5. The Morgan fingerprint density at radius 1 is 1.16 bits per heavy atom. The average Bonchev–Trinajstić information content (AvgIpc) is 2.66. The number of nitrogens with zero attached hydrogens (tertiary/aromatic N) is 1. The van der Waals surface area contributed by atoms with Crippen LogP contribution in [0.15, 0.2) is 48.5 Å². The molecule has 0 atom stereocenters. The molecule has 25 heavy (non-hydrogen) atoms. The first-order chi connectivity index (χ1) is 12.3. The number of carbonyl (C=O) groups excluding carboxylic acids is 1. The Hall–Kier alpha value is -2.89. The van der Waals surface area contributed by atoms with Gasteiger partial charge in [0.2, 0.25) is 5.91 Å². The highest BCUT2D eigenvalue weighted by Gasteiger charge is 2.19. The van der Waals surface area contributed by atoms with Crippen molar-refractivity contribution in [1.29, 1.82) is 0 Å². The first kappa shape index (κ1) is 17.0. The third-order valence-electron chi connectivity index (χ3n) is 3.91. The second-order valence-corrected chi connectivity index (χ2v) is 5.61. The molecule has 1 aliphatic heterocycles. The first-order valence-electron chi connectivity index (χ1n) is 8.26. The smallest absolute Gasteiger partial charge is 0.239 e. The summed E-state index contributed by atoms with van der Waals surface area (Å²) in [5.74, 6) is 2.32. The van der Waals surface area contributed by atoms with E-state index in [9.17, 15) is 4.79 Å². The van der Waals surface area contributed by atoms with Gasteiger partial charge in [-0.3, -0.25) is 4.79 Å². The summed E-state index contributed by atoms with van der Waals surface area (Å²) in [5, 5.41) is 2.88. The van der Waals surface area contributed by atoms with Crippen molar-refractivity contribution in [3.8, 4) is 17.2 Å². The Labute approximate surface area is 147 Å². The molecule has 1 amide bonds. The van der Waals surface area contributed by atoms with Crippen LogP contribution < -0.4 is 24.4 Å². The van der Waals surface area contributed by atoms with Gasteiger partial charge in [0.1, 0.15) is 30.5 Å². The number of rotatable bonds is 7. The van der Waals surface area contributed by atoms with Gasteiger partial charge in [0.25, 0.3) is 0 Å². The molecule has 0 spiro atoms. The number of nitrogens with one attached hydrogen (secondary N) is 1. The summed E-state index contributed by atoms with van der Waals surface area (Å²) in [5.41, 5.74) is 0.957. The first-order valence-corrected chi connectivity index (χ1v) is 8.26. The van der Waals surface area contributed by atoms with E-state index in [4.69, 9.17) is 14.2 Å². The molecular formula is C19H22N2O4. The summed E-state index contributed by atoms with van der Waals surface area (Å²) in [6, 6.07) is 15.1. The predicted octanol–water partition coefficient (Wildman–Crippen LogP) is 2.09. The highest BCUT2D eigenvalue weighted by atomic mass is 16.5. The number of hydrogen-bond donors (Lipinski definition) is 1. The van der Waals surface area contributed by atoms with Crippen molar-refractivity contribution >= 4 is 11.6 Å². The van der Waals surface area contributed by atoms with E-state index < -0.39 is 0 Å². The fourth-order valence-corrected chi connectivity index (χ4v) is 2.65. The number of anilines is 1. The molecule has 0 bridgehead atoms. The summed E-state index contributed by atoms with van der Waals surface area (Å²) < 4.78 is 16.3. The molecule has 0 radical (unpaired) electrons. The Kier molecular flexibility index (Phi) is 5.61. The van der Waals surface area contributed by atoms with Crippen molar-refractivity contribution in [3.05, 3.63) is 48.5 Å². The van der Waals surface area contributed by atoms with Crippen LogP contribution in [0.1, 0.15) is 0 Å². The number of hydrogen-bond acceptors (Lipinski definition) is 5. The van der Waals surface area contributed by atoms with Gasteiger partial charge in [-0.05, 0) is 36.4 Å². The molecule has 3 rings (SSSR count). The van der Waals surface area contributed by atoms with Crippen molar-refractivity contribution < 1.29 is 19.0 Å². The Morgan fingerprint density at radius 3 is 2.72 bits per heavy atom. The Bertz CT molecular complexity index is 703. The van der Waals surface area contributed by atoms with Crippen LogP contribution >= 0.6 is 0 Å². The molecule has 1 aliphatic rings. The Morgan fingerprint density at radius 2 is 1.92 bits per heavy atom. The minimum absolute atomic E-state index is 0.0324. The molecule has 0 fully saturated rings. The van der Waals surface area contributed by atoms with E-state index >= 15 is 0 Å². The van der Waals surface area contributed by atoms with E-state index in [1.807, 2.05) is 53.4 Å². The summed E-state index contributed by atoms with van der Waals surface area (Å²) in [6.07, 6.45) is 0. The second kappa shape index (κ2) is 8.28. The van der Waals surface area contributed by atoms with E-state index in [0.717, 1.165) is 22.9 Å². The Balaban J connectivity index is 1.41. The number of carbonyl (C=O) groups is 1. The lowest BCUT2D eigenvalue weighted by molar-refractivity contribution is -0.119. The lowest BCUT2D eigenvalue weighted by Gasteiger charge is -2.30. The maximum atomic E-state index is 12.2. The van der Waals surface area contributed by atoms with Crippen LogP contribution in [0.3, 0.4) is 0 Å². The molecule has 0 aliphatic carbocycles. The van der Waals surface area contributed by atoms with Gasteiger partial charge in [-0.2, -0.15) is 0 Å². The molecule has 132 valence electrons. The van der Waals surface area contributed by atoms with Crippen molar-refractivity contribution in [1.82, 2.24) is 5.32 Å². The molecule has 2 aromatic carbocycles. The maximum Gasteiger partial charge on any atom is 0.239 e.